The highest BCUT2D eigenvalue weighted by molar-refractivity contribution is 5.48. The summed E-state index contributed by atoms with van der Waals surface area (Å²) >= 11 is 0. The zero-order valence-corrected chi connectivity index (χ0v) is 20.8. The van der Waals surface area contributed by atoms with Gasteiger partial charge in [0, 0.05) is 11.8 Å². The lowest BCUT2D eigenvalue weighted by molar-refractivity contribution is 0.849. The lowest BCUT2D eigenvalue weighted by Crippen LogP contribution is -2.34. The van der Waals surface area contributed by atoms with Crippen molar-refractivity contribution < 1.29 is 0 Å². The van der Waals surface area contributed by atoms with Gasteiger partial charge in [-0.15, -0.1) is 0 Å². The predicted octanol–water partition coefficient (Wildman–Crippen LogP) is 6.51. The van der Waals surface area contributed by atoms with Gasteiger partial charge in [-0.3, -0.25) is 4.79 Å². The van der Waals surface area contributed by atoms with E-state index < -0.39 is 5.69 Å². The van der Waals surface area contributed by atoms with Gasteiger partial charge in [-0.2, -0.15) is 0 Å². The molecule has 0 aliphatic heterocycles. The van der Waals surface area contributed by atoms with Crippen LogP contribution in [0.25, 0.3) is 5.69 Å². The third-order valence-electron chi connectivity index (χ3n) is 4.20. The highest BCUT2D eigenvalue weighted by Crippen LogP contribution is 2.20. The van der Waals surface area contributed by atoms with Gasteiger partial charge in [0.25, 0.3) is 5.56 Å². The Kier molecular flexibility index (Phi) is 13.6. The standard InChI is InChI=1S/C20H20N2O2.C3H8.2C2H6/c1-13-9-14(2)18(22-19(23)10-15(3)21-20(22)24)12-17(13)11-16-7-5-4-6-8-16;1-3-2;2*1-2/h4-10,12H,11H2,1-3H3,(H,21,24);3H2,1-2H3;2*1-2H3. The number of aromatic amines is 1. The molecule has 0 atom stereocenters. The second kappa shape index (κ2) is 15.0. The Bertz CT molecular complexity index is 984. The van der Waals surface area contributed by atoms with Crippen LogP contribution in [0.5, 0.6) is 0 Å². The summed E-state index contributed by atoms with van der Waals surface area (Å²) in [5.41, 5.74) is 4.84. The van der Waals surface area contributed by atoms with Crippen molar-refractivity contribution in [3.8, 4) is 5.69 Å². The fraction of sp³-hybridized carbons (Fsp3) is 0.407. The van der Waals surface area contributed by atoms with Crippen LogP contribution in [0.1, 0.15) is 75.9 Å². The van der Waals surface area contributed by atoms with Crippen molar-refractivity contribution >= 4 is 0 Å². The molecule has 3 aromatic rings. The van der Waals surface area contributed by atoms with Crippen molar-refractivity contribution in [2.75, 3.05) is 0 Å². The van der Waals surface area contributed by atoms with Crippen LogP contribution >= 0.6 is 0 Å². The van der Waals surface area contributed by atoms with Crippen molar-refractivity contribution in [1.29, 1.82) is 0 Å². The van der Waals surface area contributed by atoms with Crippen LogP contribution in [0.15, 0.2) is 58.1 Å². The second-order valence-electron chi connectivity index (χ2n) is 6.87. The summed E-state index contributed by atoms with van der Waals surface area (Å²) in [6.45, 7) is 17.9. The average molecular weight is 425 g/mol. The molecule has 2 aromatic carbocycles. The average Bonchev–Trinajstić information content (AvgIpc) is 2.75. The second-order valence-corrected chi connectivity index (χ2v) is 6.87. The lowest BCUT2D eigenvalue weighted by Gasteiger charge is -2.14. The lowest BCUT2D eigenvalue weighted by atomic mass is 9.97. The van der Waals surface area contributed by atoms with Crippen LogP contribution in [-0.2, 0) is 6.42 Å². The van der Waals surface area contributed by atoms with Crippen LogP contribution in [-0.4, -0.2) is 9.55 Å². The van der Waals surface area contributed by atoms with E-state index in [1.165, 1.54) is 22.6 Å². The number of nitrogens with zero attached hydrogens (tertiary/aromatic N) is 1. The van der Waals surface area contributed by atoms with Crippen LogP contribution in [0.3, 0.4) is 0 Å². The normalized spacial score (nSPS) is 9.32. The Morgan fingerprint density at radius 1 is 0.806 bits per heavy atom. The van der Waals surface area contributed by atoms with Crippen molar-refractivity contribution in [3.05, 3.63) is 97.3 Å². The van der Waals surface area contributed by atoms with E-state index in [1.807, 2.05) is 65.0 Å². The zero-order chi connectivity index (χ0) is 24.0. The first-order valence-corrected chi connectivity index (χ1v) is 11.3. The van der Waals surface area contributed by atoms with Gasteiger partial charge in [-0.05, 0) is 55.5 Å². The Labute approximate surface area is 188 Å². The maximum absolute atomic E-state index is 12.3. The molecule has 0 aliphatic rings. The molecule has 0 amide bonds. The smallest absolute Gasteiger partial charge is 0.311 e. The van der Waals surface area contributed by atoms with Crippen LogP contribution < -0.4 is 11.2 Å². The van der Waals surface area contributed by atoms with E-state index in [4.69, 9.17) is 0 Å². The van der Waals surface area contributed by atoms with E-state index in [2.05, 4.69) is 37.9 Å². The maximum Gasteiger partial charge on any atom is 0.333 e. The largest absolute Gasteiger partial charge is 0.333 e. The molecular formula is C27H40N2O2. The molecule has 4 nitrogen and oxygen atoms in total. The minimum atomic E-state index is -0.405. The summed E-state index contributed by atoms with van der Waals surface area (Å²) in [7, 11) is 0. The first-order chi connectivity index (χ1) is 14.9. The topological polar surface area (TPSA) is 54.9 Å². The van der Waals surface area contributed by atoms with Crippen molar-refractivity contribution in [2.45, 2.75) is 75.2 Å². The van der Waals surface area contributed by atoms with E-state index in [9.17, 15) is 9.59 Å². The minimum absolute atomic E-state index is 0.311. The number of aromatic nitrogens is 2. The molecule has 0 radical (unpaired) electrons. The molecule has 0 fully saturated rings. The number of H-pyrrole nitrogens is 1. The van der Waals surface area contributed by atoms with E-state index in [1.54, 1.807) is 6.92 Å². The highest BCUT2D eigenvalue weighted by Gasteiger charge is 2.11. The van der Waals surface area contributed by atoms with Crippen LogP contribution in [0, 0.1) is 20.8 Å². The molecule has 170 valence electrons. The summed E-state index contributed by atoms with van der Waals surface area (Å²) in [5.74, 6) is 0. The Morgan fingerprint density at radius 2 is 1.35 bits per heavy atom. The van der Waals surface area contributed by atoms with Gasteiger partial charge >= 0.3 is 5.69 Å². The SMILES string of the molecule is CC.CC.CCC.Cc1cc(=O)n(-c2cc(Cc3ccccc3)c(C)cc2C)c(=O)[nH]1. The molecule has 1 N–H and O–H groups in total. The van der Waals surface area contributed by atoms with Crippen molar-refractivity contribution in [2.24, 2.45) is 0 Å². The number of aryl methyl sites for hydroxylation is 3. The molecule has 0 bridgehead atoms. The van der Waals surface area contributed by atoms with Crippen molar-refractivity contribution in [1.82, 2.24) is 9.55 Å². The molecule has 0 saturated carbocycles. The fourth-order valence-corrected chi connectivity index (χ4v) is 2.97. The van der Waals surface area contributed by atoms with E-state index >= 15 is 0 Å². The quantitative estimate of drug-likeness (QED) is 0.521. The molecular weight excluding hydrogens is 384 g/mol. The first kappa shape index (κ1) is 28.1. The van der Waals surface area contributed by atoms with E-state index in [0.717, 1.165) is 23.1 Å². The molecule has 0 saturated heterocycles. The molecule has 1 aromatic heterocycles. The summed E-state index contributed by atoms with van der Waals surface area (Å²) in [4.78, 5) is 27.3. The molecule has 4 heteroatoms. The van der Waals surface area contributed by atoms with Gasteiger partial charge in [0.15, 0.2) is 0 Å². The minimum Gasteiger partial charge on any atom is -0.311 e. The number of nitrogens with one attached hydrogen (secondary N) is 1. The summed E-state index contributed by atoms with van der Waals surface area (Å²) in [5, 5.41) is 0. The Hall–Kier alpha value is -2.88. The van der Waals surface area contributed by atoms with Gasteiger partial charge in [-0.1, -0.05) is 84.4 Å². The third kappa shape index (κ3) is 8.41. The van der Waals surface area contributed by atoms with Gasteiger partial charge in [-0.25, -0.2) is 9.36 Å². The number of benzene rings is 2. The third-order valence-corrected chi connectivity index (χ3v) is 4.20. The number of rotatable bonds is 3. The van der Waals surface area contributed by atoms with Crippen LogP contribution in [0.2, 0.25) is 0 Å². The highest BCUT2D eigenvalue weighted by atomic mass is 16.2. The Balaban J connectivity index is 0.00000116. The molecule has 0 unspecified atom stereocenters. The number of hydrogen-bond acceptors (Lipinski definition) is 2. The molecule has 31 heavy (non-hydrogen) atoms. The monoisotopic (exact) mass is 424 g/mol. The van der Waals surface area contributed by atoms with E-state index in [-0.39, 0.29) is 5.56 Å². The molecule has 3 rings (SSSR count). The first-order valence-electron chi connectivity index (χ1n) is 11.3. The molecule has 0 spiro atoms. The predicted molar refractivity (Wildman–Crippen MR) is 135 cm³/mol. The zero-order valence-electron chi connectivity index (χ0n) is 20.8. The maximum atomic E-state index is 12.3. The van der Waals surface area contributed by atoms with Gasteiger partial charge in [0.1, 0.15) is 0 Å². The van der Waals surface area contributed by atoms with Gasteiger partial charge in [0.2, 0.25) is 0 Å². The molecule has 0 aliphatic carbocycles. The Morgan fingerprint density at radius 3 is 1.87 bits per heavy atom. The number of hydrogen-bond donors (Lipinski definition) is 1. The van der Waals surface area contributed by atoms with Crippen LogP contribution in [0.4, 0.5) is 0 Å². The van der Waals surface area contributed by atoms with Crippen molar-refractivity contribution in [3.63, 3.8) is 0 Å². The van der Waals surface area contributed by atoms with E-state index in [0.29, 0.717) is 11.4 Å². The summed E-state index contributed by atoms with van der Waals surface area (Å²) in [6.07, 6.45) is 2.01. The fourth-order valence-electron chi connectivity index (χ4n) is 2.97. The van der Waals surface area contributed by atoms with Gasteiger partial charge < -0.3 is 4.98 Å². The summed E-state index contributed by atoms with van der Waals surface area (Å²) in [6, 6.07) is 15.6. The summed E-state index contributed by atoms with van der Waals surface area (Å²) < 4.78 is 1.20. The molecule has 1 heterocycles. The van der Waals surface area contributed by atoms with Gasteiger partial charge in [0.05, 0.1) is 5.69 Å².